The Balaban J connectivity index is 1.88. The van der Waals surface area contributed by atoms with Crippen LogP contribution >= 0.6 is 11.3 Å². The van der Waals surface area contributed by atoms with Gasteiger partial charge in [0, 0.05) is 11.1 Å². The zero-order valence-corrected chi connectivity index (χ0v) is 13.5. The van der Waals surface area contributed by atoms with Crippen LogP contribution in [-0.2, 0) is 6.54 Å². The Morgan fingerprint density at radius 3 is 2.74 bits per heavy atom. The standard InChI is InChI=1S/C15H17F2N3O2S/c1-8-6-18-13(23-8)7-19-15(22)20-9(2)14(21)10-3-4-11(16)12(17)5-10/h3-6,9,14,21H,7H2,1-2H3,(H2,19,20,22). The van der Waals surface area contributed by atoms with Gasteiger partial charge in [-0.1, -0.05) is 6.07 Å². The minimum atomic E-state index is -1.15. The maximum atomic E-state index is 13.2. The van der Waals surface area contributed by atoms with Gasteiger partial charge in [-0.25, -0.2) is 18.6 Å². The third-order valence-electron chi connectivity index (χ3n) is 3.19. The fourth-order valence-electron chi connectivity index (χ4n) is 1.96. The first-order valence-corrected chi connectivity index (χ1v) is 7.77. The van der Waals surface area contributed by atoms with Gasteiger partial charge in [0.2, 0.25) is 0 Å². The van der Waals surface area contributed by atoms with E-state index in [4.69, 9.17) is 0 Å². The first kappa shape index (κ1) is 17.3. The van der Waals surface area contributed by atoms with E-state index in [2.05, 4.69) is 15.6 Å². The predicted molar refractivity (Wildman–Crippen MR) is 83.0 cm³/mol. The fourth-order valence-corrected chi connectivity index (χ4v) is 2.69. The van der Waals surface area contributed by atoms with Crippen LogP contribution in [-0.4, -0.2) is 22.2 Å². The number of hydrogen-bond donors (Lipinski definition) is 3. The Morgan fingerprint density at radius 2 is 2.13 bits per heavy atom. The maximum Gasteiger partial charge on any atom is 0.315 e. The van der Waals surface area contributed by atoms with Crippen molar-refractivity contribution in [2.45, 2.75) is 32.5 Å². The normalized spacial score (nSPS) is 13.4. The topological polar surface area (TPSA) is 74.2 Å². The Hall–Kier alpha value is -2.06. The van der Waals surface area contributed by atoms with Crippen molar-refractivity contribution in [1.82, 2.24) is 15.6 Å². The van der Waals surface area contributed by atoms with Crippen molar-refractivity contribution in [1.29, 1.82) is 0 Å². The molecule has 2 atom stereocenters. The number of carbonyl (C=O) groups excluding carboxylic acids is 1. The summed E-state index contributed by atoms with van der Waals surface area (Å²) in [6.45, 7) is 3.76. The number of aryl methyl sites for hydroxylation is 1. The number of halogens is 2. The van der Waals surface area contributed by atoms with Gasteiger partial charge in [0.1, 0.15) is 5.01 Å². The molecule has 0 radical (unpaired) electrons. The second-order valence-electron chi connectivity index (χ2n) is 5.10. The summed E-state index contributed by atoms with van der Waals surface area (Å²) in [5.41, 5.74) is 0.187. The number of carbonyl (C=O) groups is 1. The monoisotopic (exact) mass is 341 g/mol. The molecule has 0 aliphatic carbocycles. The molecule has 1 aromatic carbocycles. The molecule has 0 bridgehead atoms. The van der Waals surface area contributed by atoms with Crippen molar-refractivity contribution in [2.75, 3.05) is 0 Å². The van der Waals surface area contributed by atoms with E-state index in [1.165, 1.54) is 17.4 Å². The Kier molecular flexibility index (Phi) is 5.62. The zero-order chi connectivity index (χ0) is 17.0. The van der Waals surface area contributed by atoms with Gasteiger partial charge in [0.25, 0.3) is 0 Å². The van der Waals surface area contributed by atoms with Gasteiger partial charge in [-0.2, -0.15) is 0 Å². The minimum Gasteiger partial charge on any atom is -0.386 e. The van der Waals surface area contributed by atoms with Crippen LogP contribution < -0.4 is 10.6 Å². The largest absolute Gasteiger partial charge is 0.386 e. The van der Waals surface area contributed by atoms with E-state index in [1.54, 1.807) is 13.1 Å². The molecule has 5 nitrogen and oxygen atoms in total. The summed E-state index contributed by atoms with van der Waals surface area (Å²) in [5, 5.41) is 16.0. The van der Waals surface area contributed by atoms with Crippen molar-refractivity contribution >= 4 is 17.4 Å². The molecular weight excluding hydrogens is 324 g/mol. The highest BCUT2D eigenvalue weighted by atomic mass is 32.1. The lowest BCUT2D eigenvalue weighted by Gasteiger charge is -2.21. The number of aromatic nitrogens is 1. The van der Waals surface area contributed by atoms with Gasteiger partial charge >= 0.3 is 6.03 Å². The van der Waals surface area contributed by atoms with Crippen molar-refractivity contribution < 1.29 is 18.7 Å². The highest BCUT2D eigenvalue weighted by Crippen LogP contribution is 2.19. The van der Waals surface area contributed by atoms with Gasteiger partial charge in [-0.05, 0) is 31.5 Å². The van der Waals surface area contributed by atoms with Crippen LogP contribution in [0.4, 0.5) is 13.6 Å². The molecule has 0 saturated heterocycles. The number of rotatable bonds is 5. The van der Waals surface area contributed by atoms with Crippen LogP contribution in [0.15, 0.2) is 24.4 Å². The Morgan fingerprint density at radius 1 is 1.39 bits per heavy atom. The van der Waals surface area contributed by atoms with E-state index in [9.17, 15) is 18.7 Å². The molecule has 23 heavy (non-hydrogen) atoms. The molecule has 0 spiro atoms. The molecule has 1 heterocycles. The zero-order valence-electron chi connectivity index (χ0n) is 12.6. The molecule has 0 aliphatic rings. The lowest BCUT2D eigenvalue weighted by atomic mass is 10.0. The summed E-state index contributed by atoms with van der Waals surface area (Å²) < 4.78 is 26.1. The van der Waals surface area contributed by atoms with E-state index in [-0.39, 0.29) is 12.1 Å². The van der Waals surface area contributed by atoms with Gasteiger partial charge in [-0.15, -0.1) is 11.3 Å². The van der Waals surface area contributed by atoms with Gasteiger partial charge < -0.3 is 15.7 Å². The van der Waals surface area contributed by atoms with Crippen LogP contribution in [0.5, 0.6) is 0 Å². The molecule has 0 saturated carbocycles. The molecule has 0 fully saturated rings. The van der Waals surface area contributed by atoms with Gasteiger partial charge in [0.15, 0.2) is 11.6 Å². The second kappa shape index (κ2) is 7.47. The maximum absolute atomic E-state index is 13.2. The predicted octanol–water partition coefficient (Wildman–Crippen LogP) is 2.65. The van der Waals surface area contributed by atoms with Gasteiger partial charge in [-0.3, -0.25) is 0 Å². The molecule has 2 aromatic rings. The molecular formula is C15H17F2N3O2S. The molecule has 2 rings (SSSR count). The Bertz CT molecular complexity index is 693. The lowest BCUT2D eigenvalue weighted by molar-refractivity contribution is 0.137. The summed E-state index contributed by atoms with van der Waals surface area (Å²) in [6, 6.07) is 1.96. The molecule has 3 N–H and O–H groups in total. The van der Waals surface area contributed by atoms with E-state index < -0.39 is 29.8 Å². The number of thiazole rings is 1. The van der Waals surface area contributed by atoms with E-state index in [1.807, 2.05) is 6.92 Å². The molecule has 0 aliphatic heterocycles. The minimum absolute atomic E-state index is 0.187. The van der Waals surface area contributed by atoms with Crippen LogP contribution in [0.3, 0.4) is 0 Å². The van der Waals surface area contributed by atoms with Crippen LogP contribution in [0, 0.1) is 18.6 Å². The summed E-state index contributed by atoms with van der Waals surface area (Å²) in [4.78, 5) is 17.0. The van der Waals surface area contributed by atoms with Crippen LogP contribution in [0.2, 0.25) is 0 Å². The average Bonchev–Trinajstić information content (AvgIpc) is 2.93. The first-order valence-electron chi connectivity index (χ1n) is 6.95. The van der Waals surface area contributed by atoms with E-state index in [0.717, 1.165) is 22.0 Å². The number of nitrogens with one attached hydrogen (secondary N) is 2. The number of aliphatic hydroxyl groups excluding tert-OH is 1. The summed E-state index contributed by atoms with van der Waals surface area (Å²) >= 11 is 1.47. The third-order valence-corrected chi connectivity index (χ3v) is 4.10. The lowest BCUT2D eigenvalue weighted by Crippen LogP contribution is -2.43. The third kappa shape index (κ3) is 4.70. The number of aliphatic hydroxyl groups is 1. The van der Waals surface area contributed by atoms with Crippen molar-refractivity contribution in [3.8, 4) is 0 Å². The first-order chi connectivity index (χ1) is 10.9. The van der Waals surface area contributed by atoms with Crippen molar-refractivity contribution in [3.63, 3.8) is 0 Å². The highest BCUT2D eigenvalue weighted by Gasteiger charge is 2.19. The van der Waals surface area contributed by atoms with Crippen molar-refractivity contribution in [3.05, 3.63) is 51.5 Å². The molecule has 2 unspecified atom stereocenters. The average molecular weight is 341 g/mol. The molecule has 1 aromatic heterocycles. The number of benzene rings is 1. The smallest absolute Gasteiger partial charge is 0.315 e. The quantitative estimate of drug-likeness (QED) is 0.783. The van der Waals surface area contributed by atoms with E-state index >= 15 is 0 Å². The number of hydrogen-bond acceptors (Lipinski definition) is 4. The summed E-state index contributed by atoms with van der Waals surface area (Å²) in [5.74, 6) is -2.03. The van der Waals surface area contributed by atoms with Crippen molar-refractivity contribution in [2.24, 2.45) is 0 Å². The molecule has 124 valence electrons. The molecule has 2 amide bonds. The fraction of sp³-hybridized carbons (Fsp3) is 0.333. The second-order valence-corrected chi connectivity index (χ2v) is 6.42. The highest BCUT2D eigenvalue weighted by molar-refractivity contribution is 7.11. The number of urea groups is 1. The SMILES string of the molecule is Cc1cnc(CNC(=O)NC(C)C(O)c2ccc(F)c(F)c2)s1. The molecule has 8 heteroatoms. The Labute approximate surface area is 136 Å². The number of amides is 2. The number of nitrogens with zero attached hydrogens (tertiary/aromatic N) is 1. The van der Waals surface area contributed by atoms with E-state index in [0.29, 0.717) is 0 Å². The summed E-state index contributed by atoms with van der Waals surface area (Å²) in [7, 11) is 0. The van der Waals surface area contributed by atoms with Crippen LogP contribution in [0.25, 0.3) is 0 Å². The summed E-state index contributed by atoms with van der Waals surface area (Å²) in [6.07, 6.45) is 0.563. The van der Waals surface area contributed by atoms with Gasteiger partial charge in [0.05, 0.1) is 18.7 Å². The van der Waals surface area contributed by atoms with Crippen LogP contribution in [0.1, 0.15) is 28.5 Å².